The molecule has 0 saturated heterocycles. The lowest BCUT2D eigenvalue weighted by Gasteiger charge is -2.05. The third kappa shape index (κ3) is 1.56. The Kier molecular flexibility index (Phi) is 1.91. The van der Waals surface area contributed by atoms with E-state index in [0.717, 1.165) is 0 Å². The van der Waals surface area contributed by atoms with Gasteiger partial charge in [-0.2, -0.15) is 4.98 Å². The van der Waals surface area contributed by atoms with Crippen LogP contribution in [0.1, 0.15) is 18.6 Å². The summed E-state index contributed by atoms with van der Waals surface area (Å²) in [6.07, 6.45) is 0.762. The largest absolute Gasteiger partial charge is 0.389 e. The van der Waals surface area contributed by atoms with Gasteiger partial charge >= 0.3 is 0 Å². The zero-order valence-electron chi connectivity index (χ0n) is 6.15. The van der Waals surface area contributed by atoms with Crippen molar-refractivity contribution in [2.75, 3.05) is 11.5 Å². The third-order valence-electron chi connectivity index (χ3n) is 1.32. The monoisotopic (exact) mass is 154 g/mol. The molecule has 5 heteroatoms. The topological polar surface area (TPSA) is 98.0 Å². The predicted molar refractivity (Wildman–Crippen MR) is 41.5 cm³/mol. The van der Waals surface area contributed by atoms with Crippen LogP contribution in [0.4, 0.5) is 11.8 Å². The van der Waals surface area contributed by atoms with Crippen molar-refractivity contribution in [3.63, 3.8) is 0 Å². The van der Waals surface area contributed by atoms with Gasteiger partial charge < -0.3 is 16.6 Å². The maximum atomic E-state index is 9.09. The molecule has 1 atom stereocenters. The van der Waals surface area contributed by atoms with Gasteiger partial charge in [-0.05, 0) is 6.92 Å². The van der Waals surface area contributed by atoms with Gasteiger partial charge in [0.15, 0.2) is 0 Å². The van der Waals surface area contributed by atoms with Gasteiger partial charge in [-0.3, -0.25) is 0 Å². The SMILES string of the molecule is CC(O)c1cnc(N)nc1N. The lowest BCUT2D eigenvalue weighted by Crippen LogP contribution is -2.05. The van der Waals surface area contributed by atoms with E-state index >= 15 is 0 Å². The van der Waals surface area contributed by atoms with Crippen molar-refractivity contribution >= 4 is 11.8 Å². The fourth-order valence-corrected chi connectivity index (χ4v) is 0.741. The molecule has 0 radical (unpaired) electrons. The molecule has 0 fully saturated rings. The lowest BCUT2D eigenvalue weighted by molar-refractivity contribution is 0.199. The molecule has 1 unspecified atom stereocenters. The Morgan fingerprint density at radius 1 is 1.55 bits per heavy atom. The summed E-state index contributed by atoms with van der Waals surface area (Å²) in [7, 11) is 0. The second kappa shape index (κ2) is 2.71. The number of aliphatic hydroxyl groups is 1. The van der Waals surface area contributed by atoms with Crippen molar-refractivity contribution in [3.05, 3.63) is 11.8 Å². The third-order valence-corrected chi connectivity index (χ3v) is 1.32. The van der Waals surface area contributed by atoms with Crippen LogP contribution in [0.15, 0.2) is 6.20 Å². The Morgan fingerprint density at radius 2 is 2.18 bits per heavy atom. The number of rotatable bonds is 1. The summed E-state index contributed by atoms with van der Waals surface area (Å²) in [5.74, 6) is 0.347. The smallest absolute Gasteiger partial charge is 0.221 e. The molecule has 11 heavy (non-hydrogen) atoms. The molecular formula is C6H10N4O. The molecular weight excluding hydrogens is 144 g/mol. The van der Waals surface area contributed by atoms with Gasteiger partial charge in [0.25, 0.3) is 0 Å². The summed E-state index contributed by atoms with van der Waals surface area (Å²) in [5, 5.41) is 9.09. The molecule has 5 nitrogen and oxygen atoms in total. The first-order chi connectivity index (χ1) is 5.11. The fourth-order valence-electron chi connectivity index (χ4n) is 0.741. The van der Waals surface area contributed by atoms with E-state index in [1.54, 1.807) is 6.92 Å². The molecule has 60 valence electrons. The van der Waals surface area contributed by atoms with Gasteiger partial charge in [0.05, 0.1) is 6.10 Å². The minimum Gasteiger partial charge on any atom is -0.389 e. The Hall–Kier alpha value is -1.36. The van der Waals surface area contributed by atoms with Crippen molar-refractivity contribution in [1.82, 2.24) is 9.97 Å². The average Bonchev–Trinajstić information content (AvgIpc) is 1.85. The van der Waals surface area contributed by atoms with E-state index in [4.69, 9.17) is 16.6 Å². The number of hydrogen-bond donors (Lipinski definition) is 3. The van der Waals surface area contributed by atoms with E-state index in [1.165, 1.54) is 6.20 Å². The van der Waals surface area contributed by atoms with Gasteiger partial charge in [0, 0.05) is 11.8 Å². The molecule has 1 rings (SSSR count). The second-order valence-electron chi connectivity index (χ2n) is 2.24. The van der Waals surface area contributed by atoms with Crippen molar-refractivity contribution in [1.29, 1.82) is 0 Å². The van der Waals surface area contributed by atoms with Gasteiger partial charge in [-0.15, -0.1) is 0 Å². The van der Waals surface area contributed by atoms with E-state index in [0.29, 0.717) is 5.56 Å². The van der Waals surface area contributed by atoms with Crippen LogP contribution in [0, 0.1) is 0 Å². The standard InChI is InChI=1S/C6H10N4O/c1-3(11)4-2-9-6(8)10-5(4)7/h2-3,11H,1H3,(H4,7,8,9,10). The molecule has 1 aromatic heterocycles. The maximum Gasteiger partial charge on any atom is 0.221 e. The Balaban J connectivity index is 3.09. The predicted octanol–water partition coefficient (Wildman–Crippen LogP) is -0.306. The molecule has 1 heterocycles. The highest BCUT2D eigenvalue weighted by Gasteiger charge is 2.06. The molecule has 0 saturated carbocycles. The fraction of sp³-hybridized carbons (Fsp3) is 0.333. The van der Waals surface area contributed by atoms with Crippen molar-refractivity contribution in [2.45, 2.75) is 13.0 Å². The maximum absolute atomic E-state index is 9.09. The average molecular weight is 154 g/mol. The molecule has 0 aliphatic carbocycles. The summed E-state index contributed by atoms with van der Waals surface area (Å²) in [5.41, 5.74) is 11.2. The number of nitrogen functional groups attached to an aromatic ring is 2. The molecule has 0 amide bonds. The number of aliphatic hydroxyl groups excluding tert-OH is 1. The number of nitrogens with zero attached hydrogens (tertiary/aromatic N) is 2. The van der Waals surface area contributed by atoms with E-state index in [2.05, 4.69) is 9.97 Å². The summed E-state index contributed by atoms with van der Waals surface area (Å²) in [6, 6.07) is 0. The summed E-state index contributed by atoms with van der Waals surface area (Å²) >= 11 is 0. The van der Waals surface area contributed by atoms with Crippen LogP contribution in [0.2, 0.25) is 0 Å². The minimum atomic E-state index is -0.657. The Bertz CT molecular complexity index is 261. The van der Waals surface area contributed by atoms with Crippen LogP contribution in [0.25, 0.3) is 0 Å². The molecule has 0 aliphatic heterocycles. The van der Waals surface area contributed by atoms with Crippen molar-refractivity contribution in [2.24, 2.45) is 0 Å². The van der Waals surface area contributed by atoms with Gasteiger partial charge in [-0.25, -0.2) is 4.98 Å². The first kappa shape index (κ1) is 7.74. The van der Waals surface area contributed by atoms with E-state index in [9.17, 15) is 0 Å². The van der Waals surface area contributed by atoms with Gasteiger partial charge in [-0.1, -0.05) is 0 Å². The molecule has 5 N–H and O–H groups in total. The molecule has 1 aromatic rings. The van der Waals surface area contributed by atoms with Gasteiger partial charge in [0.2, 0.25) is 5.95 Å². The van der Waals surface area contributed by atoms with E-state index < -0.39 is 6.10 Å². The summed E-state index contributed by atoms with van der Waals surface area (Å²) in [4.78, 5) is 7.37. The van der Waals surface area contributed by atoms with E-state index in [-0.39, 0.29) is 11.8 Å². The van der Waals surface area contributed by atoms with Crippen LogP contribution in [0.5, 0.6) is 0 Å². The zero-order valence-corrected chi connectivity index (χ0v) is 6.15. The van der Waals surface area contributed by atoms with Crippen LogP contribution in [-0.2, 0) is 0 Å². The number of hydrogen-bond acceptors (Lipinski definition) is 5. The first-order valence-corrected chi connectivity index (χ1v) is 3.17. The number of nitrogens with two attached hydrogens (primary N) is 2. The normalized spacial score (nSPS) is 12.9. The molecule has 0 aliphatic rings. The molecule has 0 bridgehead atoms. The quantitative estimate of drug-likeness (QED) is 0.515. The highest BCUT2D eigenvalue weighted by atomic mass is 16.3. The van der Waals surface area contributed by atoms with Crippen LogP contribution < -0.4 is 11.5 Å². The molecule has 0 spiro atoms. The zero-order chi connectivity index (χ0) is 8.43. The number of anilines is 2. The minimum absolute atomic E-state index is 0.118. The highest BCUT2D eigenvalue weighted by molar-refractivity contribution is 5.42. The Morgan fingerprint density at radius 3 is 2.64 bits per heavy atom. The molecule has 0 aromatic carbocycles. The van der Waals surface area contributed by atoms with Crippen molar-refractivity contribution < 1.29 is 5.11 Å². The van der Waals surface area contributed by atoms with Crippen LogP contribution in [-0.4, -0.2) is 15.1 Å². The number of aromatic nitrogens is 2. The van der Waals surface area contributed by atoms with Crippen LogP contribution >= 0.6 is 0 Å². The van der Waals surface area contributed by atoms with E-state index in [1.807, 2.05) is 0 Å². The second-order valence-corrected chi connectivity index (χ2v) is 2.24. The van der Waals surface area contributed by atoms with Crippen molar-refractivity contribution in [3.8, 4) is 0 Å². The summed E-state index contributed by atoms with van der Waals surface area (Å²) < 4.78 is 0. The van der Waals surface area contributed by atoms with Gasteiger partial charge in [0.1, 0.15) is 5.82 Å². The van der Waals surface area contributed by atoms with Crippen LogP contribution in [0.3, 0.4) is 0 Å². The first-order valence-electron chi connectivity index (χ1n) is 3.17. The summed E-state index contributed by atoms with van der Waals surface area (Å²) in [6.45, 7) is 1.59. The highest BCUT2D eigenvalue weighted by Crippen LogP contribution is 2.16. The lowest BCUT2D eigenvalue weighted by atomic mass is 10.2. The Labute approximate surface area is 64.1 Å².